The molecule has 10 aromatic rings. The van der Waals surface area contributed by atoms with Crippen LogP contribution in [0.4, 0.5) is 0 Å². The number of benzene rings is 7. The van der Waals surface area contributed by atoms with Crippen LogP contribution in [0, 0.1) is 0 Å². The third-order valence-electron chi connectivity index (χ3n) is 11.4. The molecular weight excluding hydrogens is 745 g/mol. The first-order chi connectivity index (χ1) is 29.2. The average molecular weight is 777 g/mol. The number of hydrogen-bond donors (Lipinski definition) is 0. The third kappa shape index (κ3) is 5.89. The second-order valence-corrected chi connectivity index (χ2v) is 16.1. The normalized spacial score (nSPS) is 15.8. The van der Waals surface area contributed by atoms with Crippen molar-refractivity contribution in [2.24, 2.45) is 0 Å². The second-order valence-electron chi connectivity index (χ2n) is 14.9. The molecule has 2 atom stereocenters. The van der Waals surface area contributed by atoms with Gasteiger partial charge in [0.05, 0.1) is 0 Å². The minimum atomic E-state index is 0.275. The highest BCUT2D eigenvalue weighted by Crippen LogP contribution is 2.53. The number of rotatable bonds is 6. The van der Waals surface area contributed by atoms with Gasteiger partial charge in [0.1, 0.15) is 16.7 Å². The van der Waals surface area contributed by atoms with Crippen molar-refractivity contribution in [2.75, 3.05) is 0 Å². The zero-order valence-electron chi connectivity index (χ0n) is 31.5. The molecule has 0 N–H and O–H groups in total. The van der Waals surface area contributed by atoms with Gasteiger partial charge < -0.3 is 8.83 Å². The first-order valence-corrected chi connectivity index (χ1v) is 20.6. The lowest BCUT2D eigenvalue weighted by atomic mass is 9.84. The Kier molecular flexibility index (Phi) is 7.81. The van der Waals surface area contributed by atoms with E-state index in [2.05, 4.69) is 108 Å². The summed E-state index contributed by atoms with van der Waals surface area (Å²) in [6.45, 7) is 0. The van der Waals surface area contributed by atoms with E-state index in [0.717, 1.165) is 55.3 Å². The molecule has 1 aliphatic carbocycles. The largest absolute Gasteiger partial charge is 0.456 e. The summed E-state index contributed by atoms with van der Waals surface area (Å²) >= 11 is 1.95. The fourth-order valence-corrected chi connectivity index (χ4v) is 9.87. The Hall–Kier alpha value is -7.35. The van der Waals surface area contributed by atoms with E-state index < -0.39 is 0 Å². The van der Waals surface area contributed by atoms with Crippen LogP contribution in [0.2, 0.25) is 0 Å². The van der Waals surface area contributed by atoms with Gasteiger partial charge in [0.25, 0.3) is 0 Å². The summed E-state index contributed by atoms with van der Waals surface area (Å²) in [5.74, 6) is 2.76. The van der Waals surface area contributed by atoms with Gasteiger partial charge in [0.2, 0.25) is 5.89 Å². The first-order valence-electron chi connectivity index (χ1n) is 19.7. The van der Waals surface area contributed by atoms with Gasteiger partial charge in [-0.3, -0.25) is 0 Å². The van der Waals surface area contributed by atoms with Crippen molar-refractivity contribution in [1.82, 2.24) is 19.9 Å². The predicted octanol–water partition coefficient (Wildman–Crippen LogP) is 13.5. The van der Waals surface area contributed by atoms with E-state index in [9.17, 15) is 0 Å². The van der Waals surface area contributed by atoms with E-state index in [4.69, 9.17) is 23.8 Å². The van der Waals surface area contributed by atoms with Crippen molar-refractivity contribution in [3.8, 4) is 56.7 Å². The molecule has 7 aromatic carbocycles. The minimum Gasteiger partial charge on any atom is -0.456 e. The fraction of sp³-hybridized carbons (Fsp3) is 0.0385. The highest BCUT2D eigenvalue weighted by atomic mass is 32.2. The molecule has 2 aliphatic rings. The van der Waals surface area contributed by atoms with Gasteiger partial charge in [-0.2, -0.15) is 0 Å². The van der Waals surface area contributed by atoms with Crippen molar-refractivity contribution in [1.29, 1.82) is 0 Å². The molecule has 2 unspecified atom stereocenters. The molecule has 4 heterocycles. The van der Waals surface area contributed by atoms with Crippen LogP contribution in [0.1, 0.15) is 17.0 Å². The quantitative estimate of drug-likeness (QED) is 0.166. The van der Waals surface area contributed by atoms with Crippen LogP contribution in [0.15, 0.2) is 196 Å². The number of nitrogens with zero attached hydrogens (tertiary/aromatic N) is 4. The van der Waals surface area contributed by atoms with Gasteiger partial charge in [0, 0.05) is 49.1 Å². The van der Waals surface area contributed by atoms with E-state index >= 15 is 0 Å². The van der Waals surface area contributed by atoms with Crippen LogP contribution < -0.4 is 0 Å². The lowest BCUT2D eigenvalue weighted by molar-refractivity contribution is 0.620. The Morgan fingerprint density at radius 3 is 1.88 bits per heavy atom. The summed E-state index contributed by atoms with van der Waals surface area (Å²) in [6, 6.07) is 56.3. The van der Waals surface area contributed by atoms with Gasteiger partial charge in [-0.15, -0.1) is 11.8 Å². The number of aromatic nitrogens is 4. The molecule has 0 saturated carbocycles. The summed E-state index contributed by atoms with van der Waals surface area (Å²) in [5.41, 5.74) is 13.3. The average Bonchev–Trinajstić information content (AvgIpc) is 4.02. The Labute approximate surface area is 343 Å². The second kappa shape index (κ2) is 13.6. The number of para-hydroxylation sites is 3. The summed E-state index contributed by atoms with van der Waals surface area (Å²) in [7, 11) is 0. The van der Waals surface area contributed by atoms with Crippen LogP contribution in [0.5, 0.6) is 0 Å². The summed E-state index contributed by atoms with van der Waals surface area (Å²) in [6.07, 6.45) is 6.83. The van der Waals surface area contributed by atoms with Crippen molar-refractivity contribution in [3.05, 3.63) is 193 Å². The molecular formula is C52H32N4O2S. The van der Waals surface area contributed by atoms with E-state index in [0.29, 0.717) is 23.4 Å². The van der Waals surface area contributed by atoms with Crippen LogP contribution >= 0.6 is 11.8 Å². The Balaban J connectivity index is 0.831. The number of allylic oxidation sites excluding steroid dienone is 3. The summed E-state index contributed by atoms with van der Waals surface area (Å²) in [5, 5.41) is 2.44. The van der Waals surface area contributed by atoms with E-state index in [1.165, 1.54) is 32.7 Å². The molecule has 0 amide bonds. The van der Waals surface area contributed by atoms with Gasteiger partial charge in [-0.05, 0) is 82.4 Å². The van der Waals surface area contributed by atoms with Crippen LogP contribution in [0.3, 0.4) is 0 Å². The lowest BCUT2D eigenvalue weighted by Crippen LogP contribution is -2.13. The summed E-state index contributed by atoms with van der Waals surface area (Å²) < 4.78 is 12.2. The molecule has 12 rings (SSSR count). The lowest BCUT2D eigenvalue weighted by Gasteiger charge is -2.23. The number of hydrogen-bond acceptors (Lipinski definition) is 7. The molecule has 0 fully saturated rings. The fourth-order valence-electron chi connectivity index (χ4n) is 8.39. The Morgan fingerprint density at radius 2 is 1.07 bits per heavy atom. The van der Waals surface area contributed by atoms with Gasteiger partial charge in [-0.25, -0.2) is 19.9 Å². The van der Waals surface area contributed by atoms with Gasteiger partial charge in [0.15, 0.2) is 23.1 Å². The van der Waals surface area contributed by atoms with Crippen LogP contribution in [0.25, 0.3) is 95.4 Å². The van der Waals surface area contributed by atoms with Gasteiger partial charge >= 0.3 is 0 Å². The van der Waals surface area contributed by atoms with Crippen LogP contribution in [-0.4, -0.2) is 25.2 Å². The summed E-state index contributed by atoms with van der Waals surface area (Å²) in [4.78, 5) is 21.0. The van der Waals surface area contributed by atoms with Crippen LogP contribution in [-0.2, 0) is 0 Å². The molecule has 6 nitrogen and oxygen atoms in total. The van der Waals surface area contributed by atoms with Crippen molar-refractivity contribution in [2.45, 2.75) is 16.1 Å². The molecule has 0 saturated heterocycles. The van der Waals surface area contributed by atoms with E-state index in [-0.39, 0.29) is 11.2 Å². The van der Waals surface area contributed by atoms with Crippen molar-refractivity contribution >= 4 is 50.4 Å². The topological polar surface area (TPSA) is 77.8 Å². The van der Waals surface area contributed by atoms with Gasteiger partial charge in [-0.1, -0.05) is 127 Å². The first kappa shape index (κ1) is 33.8. The number of furan rings is 1. The number of oxazole rings is 1. The Bertz CT molecular complexity index is 3280. The Morgan fingerprint density at radius 1 is 0.441 bits per heavy atom. The molecule has 3 aromatic heterocycles. The SMILES string of the molecule is C1=CC2c3cc(-c4ccc(-c5nc6ccccc6o5)cc4)ccc3SC2C(c2ccc(-c3nc(-c4ccccc4)nc(-c4ccc5c(c4)oc4ccccc45)n3)cc2)=C1. The predicted molar refractivity (Wildman–Crippen MR) is 238 cm³/mol. The highest BCUT2D eigenvalue weighted by molar-refractivity contribution is 8.00. The monoisotopic (exact) mass is 776 g/mol. The maximum absolute atomic E-state index is 6.23. The van der Waals surface area contributed by atoms with Crippen molar-refractivity contribution in [3.63, 3.8) is 0 Å². The zero-order valence-corrected chi connectivity index (χ0v) is 32.3. The van der Waals surface area contributed by atoms with Crippen molar-refractivity contribution < 1.29 is 8.83 Å². The maximum atomic E-state index is 6.23. The molecule has 59 heavy (non-hydrogen) atoms. The molecule has 0 spiro atoms. The molecule has 278 valence electrons. The highest BCUT2D eigenvalue weighted by Gasteiger charge is 2.36. The maximum Gasteiger partial charge on any atom is 0.227 e. The standard InChI is InChI=1S/C52H32N4O2S/c1-2-9-33(10-3-1)49-54-50(56-51(55-49)37-25-27-40-39-11-4-6-15-44(39)57-46(40)30-37)34-21-19-32(20-22-34)38-12-8-13-41-42-29-36(26-28-47(42)59-48(38)41)31-17-23-35(24-18-31)52-53-43-14-5-7-16-45(43)58-52/h1-30,41,48H. The third-order valence-corrected chi connectivity index (χ3v) is 12.8. The van der Waals surface area contributed by atoms with E-state index in [1.807, 2.05) is 90.6 Å². The number of fused-ring (bicyclic) bond motifs is 7. The minimum absolute atomic E-state index is 0.275. The zero-order chi connectivity index (χ0) is 38.9. The number of thioether (sulfide) groups is 1. The van der Waals surface area contributed by atoms with E-state index in [1.54, 1.807) is 0 Å². The molecule has 0 radical (unpaired) electrons. The molecule has 0 bridgehead atoms. The molecule has 1 aliphatic heterocycles. The smallest absolute Gasteiger partial charge is 0.227 e. The molecule has 7 heteroatoms.